The predicted molar refractivity (Wildman–Crippen MR) is 89.2 cm³/mol. The molecule has 0 bridgehead atoms. The molecule has 0 aliphatic carbocycles. The van der Waals surface area contributed by atoms with Crippen LogP contribution in [0, 0.1) is 5.92 Å². The highest BCUT2D eigenvalue weighted by Gasteiger charge is 2.15. The number of rotatable bonds is 5. The topological polar surface area (TPSA) is 73.2 Å². The smallest absolute Gasteiger partial charge is 0.269 e. The van der Waals surface area contributed by atoms with E-state index >= 15 is 0 Å². The Morgan fingerprint density at radius 1 is 1.48 bits per heavy atom. The third kappa shape index (κ3) is 4.32. The highest BCUT2D eigenvalue weighted by Crippen LogP contribution is 2.18. The van der Waals surface area contributed by atoms with Gasteiger partial charge in [-0.25, -0.2) is 4.98 Å². The first-order valence-corrected chi connectivity index (χ1v) is 7.51. The van der Waals surface area contributed by atoms with Crippen molar-refractivity contribution in [3.8, 4) is 5.88 Å². The molecule has 2 rings (SSSR count). The van der Waals surface area contributed by atoms with E-state index in [4.69, 9.17) is 16.3 Å². The number of nitrogens with one attached hydrogen (secondary N) is 1. The molecule has 0 aliphatic heterocycles. The van der Waals surface area contributed by atoms with Crippen LogP contribution in [0.3, 0.4) is 0 Å². The molecule has 122 valence electrons. The second kappa shape index (κ2) is 7.28. The van der Waals surface area contributed by atoms with E-state index in [-0.39, 0.29) is 22.4 Å². The van der Waals surface area contributed by atoms with Crippen LogP contribution in [-0.2, 0) is 7.05 Å². The number of ether oxygens (including phenoxy) is 1. The molecule has 0 unspecified atom stereocenters. The molecule has 0 aliphatic rings. The van der Waals surface area contributed by atoms with Gasteiger partial charge in [0.05, 0.1) is 12.3 Å². The average Bonchev–Trinajstić information content (AvgIpc) is 2.50. The zero-order valence-corrected chi connectivity index (χ0v) is 13.9. The van der Waals surface area contributed by atoms with Crippen molar-refractivity contribution < 1.29 is 9.53 Å². The van der Waals surface area contributed by atoms with Gasteiger partial charge >= 0.3 is 0 Å². The predicted octanol–water partition coefficient (Wildman–Crippen LogP) is 2.72. The van der Waals surface area contributed by atoms with Gasteiger partial charge in [-0.05, 0) is 24.1 Å². The highest BCUT2D eigenvalue weighted by atomic mass is 35.5. The molecule has 0 saturated carbocycles. The molecule has 2 aromatic rings. The van der Waals surface area contributed by atoms with Gasteiger partial charge < -0.3 is 14.6 Å². The monoisotopic (exact) mass is 335 g/mol. The number of carbonyl (C=O) groups is 1. The van der Waals surface area contributed by atoms with E-state index in [0.29, 0.717) is 23.8 Å². The lowest BCUT2D eigenvalue weighted by atomic mass is 10.2. The van der Waals surface area contributed by atoms with E-state index in [0.717, 1.165) is 0 Å². The van der Waals surface area contributed by atoms with E-state index < -0.39 is 0 Å². The second-order valence-electron chi connectivity index (χ2n) is 5.51. The fourth-order valence-corrected chi connectivity index (χ4v) is 2.11. The minimum atomic E-state index is -0.383. The summed E-state index contributed by atoms with van der Waals surface area (Å²) in [6, 6.07) is 4.69. The summed E-state index contributed by atoms with van der Waals surface area (Å²) in [6.45, 7) is 4.48. The maximum absolute atomic E-state index is 12.4. The molecular formula is C16H18ClN3O3. The van der Waals surface area contributed by atoms with E-state index in [1.165, 1.54) is 16.8 Å². The third-order valence-electron chi connectivity index (χ3n) is 2.97. The van der Waals surface area contributed by atoms with Crippen molar-refractivity contribution in [2.45, 2.75) is 13.8 Å². The van der Waals surface area contributed by atoms with Crippen LogP contribution < -0.4 is 15.6 Å². The van der Waals surface area contributed by atoms with Gasteiger partial charge in [0.25, 0.3) is 11.5 Å². The van der Waals surface area contributed by atoms with E-state index in [1.807, 2.05) is 13.8 Å². The maximum Gasteiger partial charge on any atom is 0.269 e. The Labute approximate surface area is 139 Å². The van der Waals surface area contributed by atoms with Crippen LogP contribution in [-0.4, -0.2) is 22.1 Å². The number of aryl methyl sites for hydroxylation is 1. The molecular weight excluding hydrogens is 318 g/mol. The molecule has 0 atom stereocenters. The number of nitrogens with zero attached hydrogens (tertiary/aromatic N) is 2. The number of hydrogen-bond acceptors (Lipinski definition) is 4. The molecule has 0 saturated heterocycles. The fraction of sp³-hybridized carbons (Fsp3) is 0.312. The van der Waals surface area contributed by atoms with Gasteiger partial charge in [0.2, 0.25) is 5.88 Å². The Bertz CT molecular complexity index is 745. The van der Waals surface area contributed by atoms with Crippen molar-refractivity contribution in [1.29, 1.82) is 0 Å². The van der Waals surface area contributed by atoms with Gasteiger partial charge in [-0.3, -0.25) is 9.59 Å². The molecule has 1 amide bonds. The molecule has 7 heteroatoms. The van der Waals surface area contributed by atoms with Crippen molar-refractivity contribution in [1.82, 2.24) is 9.55 Å². The molecule has 0 fully saturated rings. The standard InChI is InChI=1S/C16H18ClN3O3/c1-10(2)9-23-15-12(5-4-6-18-15)14(21)19-11-7-13(17)16(22)20(3)8-11/h4-8,10H,9H2,1-3H3,(H,19,21). The molecule has 23 heavy (non-hydrogen) atoms. The first-order valence-electron chi connectivity index (χ1n) is 7.14. The van der Waals surface area contributed by atoms with Crippen LogP contribution >= 0.6 is 11.6 Å². The Hall–Kier alpha value is -2.34. The average molecular weight is 336 g/mol. The lowest BCUT2D eigenvalue weighted by Crippen LogP contribution is -2.20. The Balaban J connectivity index is 2.23. The van der Waals surface area contributed by atoms with Gasteiger partial charge in [0.1, 0.15) is 10.6 Å². The van der Waals surface area contributed by atoms with Gasteiger partial charge in [-0.15, -0.1) is 0 Å². The summed E-state index contributed by atoms with van der Waals surface area (Å²) < 4.78 is 6.87. The lowest BCUT2D eigenvalue weighted by molar-refractivity contribution is 0.102. The summed E-state index contributed by atoms with van der Waals surface area (Å²) in [7, 11) is 1.56. The molecule has 0 aromatic carbocycles. The Morgan fingerprint density at radius 3 is 2.87 bits per heavy atom. The fourth-order valence-electron chi connectivity index (χ4n) is 1.86. The van der Waals surface area contributed by atoms with Gasteiger partial charge in [0, 0.05) is 19.4 Å². The number of halogens is 1. The van der Waals surface area contributed by atoms with E-state index in [2.05, 4.69) is 10.3 Å². The minimum absolute atomic E-state index is 0.0350. The Kier molecular flexibility index (Phi) is 5.39. The largest absolute Gasteiger partial charge is 0.477 e. The summed E-state index contributed by atoms with van der Waals surface area (Å²) in [5.41, 5.74) is 0.408. The number of amides is 1. The van der Waals surface area contributed by atoms with Crippen molar-refractivity contribution in [2.75, 3.05) is 11.9 Å². The molecule has 0 spiro atoms. The van der Waals surface area contributed by atoms with E-state index in [9.17, 15) is 9.59 Å². The van der Waals surface area contributed by atoms with Gasteiger partial charge in [-0.1, -0.05) is 25.4 Å². The third-order valence-corrected chi connectivity index (χ3v) is 3.24. The first-order chi connectivity index (χ1) is 10.9. The summed E-state index contributed by atoms with van der Waals surface area (Å²) in [6.07, 6.45) is 3.06. The van der Waals surface area contributed by atoms with Crippen molar-refractivity contribution >= 4 is 23.2 Å². The van der Waals surface area contributed by atoms with Gasteiger partial charge in [0.15, 0.2) is 0 Å². The molecule has 0 radical (unpaired) electrons. The lowest BCUT2D eigenvalue weighted by Gasteiger charge is -2.12. The molecule has 2 aromatic heterocycles. The number of aromatic nitrogens is 2. The summed E-state index contributed by atoms with van der Waals surface area (Å²) in [4.78, 5) is 28.1. The maximum atomic E-state index is 12.4. The minimum Gasteiger partial charge on any atom is -0.477 e. The number of anilines is 1. The first kappa shape index (κ1) is 17.0. The van der Waals surface area contributed by atoms with Crippen LogP contribution in [0.5, 0.6) is 5.88 Å². The van der Waals surface area contributed by atoms with Crippen molar-refractivity contribution in [3.63, 3.8) is 0 Å². The number of pyridine rings is 2. The normalized spacial score (nSPS) is 10.7. The zero-order chi connectivity index (χ0) is 17.0. The van der Waals surface area contributed by atoms with Gasteiger partial charge in [-0.2, -0.15) is 0 Å². The van der Waals surface area contributed by atoms with Crippen LogP contribution in [0.4, 0.5) is 5.69 Å². The highest BCUT2D eigenvalue weighted by molar-refractivity contribution is 6.30. The number of hydrogen-bond donors (Lipinski definition) is 1. The number of carbonyl (C=O) groups excluding carboxylic acids is 1. The van der Waals surface area contributed by atoms with Crippen LogP contribution in [0.2, 0.25) is 5.02 Å². The van der Waals surface area contributed by atoms with Crippen molar-refractivity contribution in [2.24, 2.45) is 13.0 Å². The summed E-state index contributed by atoms with van der Waals surface area (Å²) in [5.74, 6) is 0.205. The molecule has 1 N–H and O–H groups in total. The molecule has 2 heterocycles. The SMILES string of the molecule is CC(C)COc1ncccc1C(=O)Nc1cc(Cl)c(=O)n(C)c1. The quantitative estimate of drug-likeness (QED) is 0.911. The van der Waals surface area contributed by atoms with Crippen LogP contribution in [0.25, 0.3) is 0 Å². The summed E-state index contributed by atoms with van der Waals surface area (Å²) in [5, 5.41) is 2.73. The Morgan fingerprint density at radius 2 is 2.22 bits per heavy atom. The van der Waals surface area contributed by atoms with Crippen LogP contribution in [0.1, 0.15) is 24.2 Å². The molecule has 6 nitrogen and oxygen atoms in total. The van der Waals surface area contributed by atoms with E-state index in [1.54, 1.807) is 25.4 Å². The second-order valence-corrected chi connectivity index (χ2v) is 5.92. The van der Waals surface area contributed by atoms with Crippen molar-refractivity contribution in [3.05, 3.63) is 51.5 Å². The summed E-state index contributed by atoms with van der Waals surface area (Å²) >= 11 is 5.84. The van der Waals surface area contributed by atoms with Crippen LogP contribution in [0.15, 0.2) is 35.4 Å². The zero-order valence-electron chi connectivity index (χ0n) is 13.2.